The highest BCUT2D eigenvalue weighted by molar-refractivity contribution is 7.11. The quantitative estimate of drug-likeness (QED) is 0.848. The molecule has 0 aliphatic heterocycles. The maximum atomic E-state index is 8.94. The van der Waals surface area contributed by atoms with Gasteiger partial charge in [0.2, 0.25) is 0 Å². The summed E-state index contributed by atoms with van der Waals surface area (Å²) in [5.74, 6) is 0.743. The second-order valence-electron chi connectivity index (χ2n) is 4.94. The van der Waals surface area contributed by atoms with Crippen LogP contribution in [0.5, 0.6) is 0 Å². The van der Waals surface area contributed by atoms with Gasteiger partial charge in [-0.1, -0.05) is 0 Å². The largest absolute Gasteiger partial charge is 0.350 e. The Labute approximate surface area is 121 Å². The van der Waals surface area contributed by atoms with Crippen LogP contribution in [0.1, 0.15) is 40.2 Å². The monoisotopic (exact) mass is 285 g/mol. The molecule has 1 atom stereocenters. The average Bonchev–Trinajstić information content (AvgIpc) is 2.86. The van der Waals surface area contributed by atoms with Gasteiger partial charge in [-0.3, -0.25) is 4.98 Å². The van der Waals surface area contributed by atoms with Crippen LogP contribution in [0.25, 0.3) is 0 Å². The number of nitrogens with zero attached hydrogens (tertiary/aromatic N) is 5. The SMILES string of the molecule is Cc1nc2c(s1)C(N(C)c1cncc(C#N)n1)CCC2. The fourth-order valence-electron chi connectivity index (χ4n) is 2.63. The zero-order valence-corrected chi connectivity index (χ0v) is 12.3. The van der Waals surface area contributed by atoms with Crippen molar-refractivity contribution in [3.8, 4) is 6.07 Å². The number of aryl methyl sites for hydroxylation is 2. The molecule has 20 heavy (non-hydrogen) atoms. The molecule has 1 aliphatic rings. The van der Waals surface area contributed by atoms with E-state index in [9.17, 15) is 0 Å². The molecule has 0 N–H and O–H groups in total. The molecule has 0 aromatic carbocycles. The second-order valence-corrected chi connectivity index (χ2v) is 6.17. The standard InChI is InChI=1S/C14H15N5S/c1-9-17-11-4-3-5-12(14(11)20-9)19(2)13-8-16-7-10(6-15)18-13/h7-8,12H,3-5H2,1-2H3. The Morgan fingerprint density at radius 3 is 3.05 bits per heavy atom. The Balaban J connectivity index is 1.95. The van der Waals surface area contributed by atoms with Gasteiger partial charge in [0, 0.05) is 7.05 Å². The lowest BCUT2D eigenvalue weighted by Gasteiger charge is -2.31. The van der Waals surface area contributed by atoms with Gasteiger partial charge >= 0.3 is 0 Å². The minimum atomic E-state index is 0.285. The van der Waals surface area contributed by atoms with E-state index in [4.69, 9.17) is 5.26 Å². The number of anilines is 1. The summed E-state index contributed by atoms with van der Waals surface area (Å²) in [7, 11) is 2.01. The van der Waals surface area contributed by atoms with E-state index < -0.39 is 0 Å². The van der Waals surface area contributed by atoms with Gasteiger partial charge in [-0.15, -0.1) is 11.3 Å². The fraction of sp³-hybridized carbons (Fsp3) is 0.429. The van der Waals surface area contributed by atoms with Crippen molar-refractivity contribution < 1.29 is 0 Å². The first kappa shape index (κ1) is 13.0. The van der Waals surface area contributed by atoms with Crippen molar-refractivity contribution in [3.63, 3.8) is 0 Å². The Morgan fingerprint density at radius 2 is 2.25 bits per heavy atom. The molecule has 2 aromatic rings. The molecule has 0 saturated carbocycles. The highest BCUT2D eigenvalue weighted by atomic mass is 32.1. The number of hydrogen-bond acceptors (Lipinski definition) is 6. The van der Waals surface area contributed by atoms with Crippen molar-refractivity contribution in [1.82, 2.24) is 15.0 Å². The summed E-state index contributed by atoms with van der Waals surface area (Å²) in [6, 6.07) is 2.32. The molecule has 2 aromatic heterocycles. The maximum absolute atomic E-state index is 8.94. The normalized spacial score (nSPS) is 17.4. The Morgan fingerprint density at radius 1 is 1.40 bits per heavy atom. The van der Waals surface area contributed by atoms with Gasteiger partial charge in [-0.2, -0.15) is 5.26 Å². The van der Waals surface area contributed by atoms with Gasteiger partial charge in [-0.25, -0.2) is 9.97 Å². The zero-order chi connectivity index (χ0) is 14.1. The van der Waals surface area contributed by atoms with E-state index in [2.05, 4.69) is 26.8 Å². The van der Waals surface area contributed by atoms with Crippen molar-refractivity contribution in [2.75, 3.05) is 11.9 Å². The van der Waals surface area contributed by atoms with Crippen molar-refractivity contribution in [2.45, 2.75) is 32.2 Å². The Hall–Kier alpha value is -2.00. The molecule has 0 amide bonds. The number of rotatable bonds is 2. The molecular formula is C14H15N5S. The summed E-state index contributed by atoms with van der Waals surface area (Å²) in [6.07, 6.45) is 6.48. The zero-order valence-electron chi connectivity index (χ0n) is 11.5. The third-order valence-electron chi connectivity index (χ3n) is 3.59. The van der Waals surface area contributed by atoms with Crippen LogP contribution in [-0.4, -0.2) is 22.0 Å². The topological polar surface area (TPSA) is 65.7 Å². The van der Waals surface area contributed by atoms with E-state index in [1.54, 1.807) is 17.5 Å². The molecule has 0 spiro atoms. The lowest BCUT2D eigenvalue weighted by molar-refractivity contribution is 0.544. The first-order chi connectivity index (χ1) is 9.69. The third-order valence-corrected chi connectivity index (χ3v) is 4.71. The van der Waals surface area contributed by atoms with Crippen LogP contribution in [0.15, 0.2) is 12.4 Å². The Bertz CT molecular complexity index is 672. The van der Waals surface area contributed by atoms with Crippen molar-refractivity contribution in [2.24, 2.45) is 0 Å². The number of fused-ring (bicyclic) bond motifs is 1. The lowest BCUT2D eigenvalue weighted by Crippen LogP contribution is -2.27. The van der Waals surface area contributed by atoms with Gasteiger partial charge in [-0.05, 0) is 26.2 Å². The van der Waals surface area contributed by atoms with E-state index >= 15 is 0 Å². The molecule has 5 nitrogen and oxygen atoms in total. The molecule has 1 unspecified atom stereocenters. The molecule has 0 fully saturated rings. The summed E-state index contributed by atoms with van der Waals surface area (Å²) >= 11 is 1.77. The van der Waals surface area contributed by atoms with Crippen LogP contribution in [0.3, 0.4) is 0 Å². The van der Waals surface area contributed by atoms with Crippen LogP contribution in [0, 0.1) is 18.3 Å². The predicted molar refractivity (Wildman–Crippen MR) is 77.7 cm³/mol. The molecule has 2 heterocycles. The Kier molecular flexibility index (Phi) is 3.36. The first-order valence-corrected chi connectivity index (χ1v) is 7.42. The molecule has 1 aliphatic carbocycles. The summed E-state index contributed by atoms with van der Waals surface area (Å²) < 4.78 is 0. The van der Waals surface area contributed by atoms with Crippen molar-refractivity contribution in [3.05, 3.63) is 33.7 Å². The molecule has 0 saturated heterocycles. The number of nitriles is 1. The summed E-state index contributed by atoms with van der Waals surface area (Å²) in [5, 5.41) is 10.1. The van der Waals surface area contributed by atoms with E-state index in [1.807, 2.05) is 13.1 Å². The van der Waals surface area contributed by atoms with E-state index in [0.29, 0.717) is 5.69 Å². The summed E-state index contributed by atoms with van der Waals surface area (Å²) in [5.41, 5.74) is 1.57. The second kappa shape index (κ2) is 5.17. The van der Waals surface area contributed by atoms with Gasteiger partial charge in [0.25, 0.3) is 0 Å². The summed E-state index contributed by atoms with van der Waals surface area (Å²) in [6.45, 7) is 2.05. The number of thiazole rings is 1. The molecule has 0 bridgehead atoms. The minimum Gasteiger partial charge on any atom is -0.350 e. The molecule has 102 valence electrons. The lowest BCUT2D eigenvalue weighted by atomic mass is 9.97. The number of hydrogen-bond donors (Lipinski definition) is 0. The van der Waals surface area contributed by atoms with Gasteiger partial charge in [0.1, 0.15) is 11.9 Å². The summed E-state index contributed by atoms with van der Waals surface area (Å²) in [4.78, 5) is 16.5. The average molecular weight is 285 g/mol. The van der Waals surface area contributed by atoms with E-state index in [-0.39, 0.29) is 6.04 Å². The maximum Gasteiger partial charge on any atom is 0.161 e. The van der Waals surface area contributed by atoms with Crippen LogP contribution in [0.2, 0.25) is 0 Å². The van der Waals surface area contributed by atoms with Crippen LogP contribution < -0.4 is 4.90 Å². The molecule has 6 heteroatoms. The molecule has 3 rings (SSSR count). The van der Waals surface area contributed by atoms with Crippen molar-refractivity contribution >= 4 is 17.2 Å². The predicted octanol–water partition coefficient (Wildman–Crippen LogP) is 2.63. The third kappa shape index (κ3) is 2.25. The molecular weight excluding hydrogens is 270 g/mol. The minimum absolute atomic E-state index is 0.285. The van der Waals surface area contributed by atoms with Gasteiger partial charge in [0.05, 0.1) is 34.0 Å². The van der Waals surface area contributed by atoms with Crippen LogP contribution >= 0.6 is 11.3 Å². The van der Waals surface area contributed by atoms with Crippen LogP contribution in [-0.2, 0) is 6.42 Å². The molecule has 0 radical (unpaired) electrons. The van der Waals surface area contributed by atoms with Crippen LogP contribution in [0.4, 0.5) is 5.82 Å². The highest BCUT2D eigenvalue weighted by Gasteiger charge is 2.28. The highest BCUT2D eigenvalue weighted by Crippen LogP contribution is 2.38. The number of aromatic nitrogens is 3. The van der Waals surface area contributed by atoms with Gasteiger partial charge in [0.15, 0.2) is 5.69 Å². The fourth-order valence-corrected chi connectivity index (χ4v) is 3.78. The van der Waals surface area contributed by atoms with E-state index in [0.717, 1.165) is 30.1 Å². The first-order valence-electron chi connectivity index (χ1n) is 6.60. The van der Waals surface area contributed by atoms with E-state index in [1.165, 1.54) is 16.8 Å². The van der Waals surface area contributed by atoms with Crippen molar-refractivity contribution in [1.29, 1.82) is 5.26 Å². The van der Waals surface area contributed by atoms with Gasteiger partial charge < -0.3 is 4.90 Å². The smallest absolute Gasteiger partial charge is 0.161 e.